The normalized spacial score (nSPS) is 11.1. The summed E-state index contributed by atoms with van der Waals surface area (Å²) in [6.07, 6.45) is 6.05. The summed E-state index contributed by atoms with van der Waals surface area (Å²) in [6.45, 7) is 5.52. The zero-order valence-corrected chi connectivity index (χ0v) is 14.9. The van der Waals surface area contributed by atoms with E-state index in [9.17, 15) is 0 Å². The summed E-state index contributed by atoms with van der Waals surface area (Å²) in [7, 11) is 0. The number of anilines is 1. The molecule has 0 aliphatic carbocycles. The number of unbranched alkanes of at least 4 members (excludes halogenated alkanes) is 2. The Morgan fingerprint density at radius 3 is 2.46 bits per heavy atom. The standard InChI is InChI=1S/C22H28N2/c1-3-5-10-17-14-19-16-20(18-11-8-7-9-12-18)24-22(19)21(15-17)23-13-6-4-2/h7-9,11-12,14-16,23-24H,3-6,10,13H2,1-2H3. The number of H-pyrrole nitrogens is 1. The third-order valence-electron chi connectivity index (χ3n) is 4.54. The van der Waals surface area contributed by atoms with Crippen molar-refractivity contribution in [2.45, 2.75) is 46.0 Å². The smallest absolute Gasteiger partial charge is 0.0694 e. The number of aryl methyl sites for hydroxylation is 1. The second-order valence-electron chi connectivity index (χ2n) is 6.54. The minimum Gasteiger partial charge on any atom is -0.383 e. The average molecular weight is 320 g/mol. The fourth-order valence-electron chi connectivity index (χ4n) is 3.14. The van der Waals surface area contributed by atoms with Crippen LogP contribution >= 0.6 is 0 Å². The molecule has 0 aliphatic heterocycles. The lowest BCUT2D eigenvalue weighted by Crippen LogP contribution is -2.02. The number of aromatic amines is 1. The van der Waals surface area contributed by atoms with Crippen LogP contribution in [0.25, 0.3) is 22.2 Å². The molecule has 126 valence electrons. The zero-order valence-electron chi connectivity index (χ0n) is 14.9. The van der Waals surface area contributed by atoms with Gasteiger partial charge in [0.1, 0.15) is 0 Å². The van der Waals surface area contributed by atoms with Gasteiger partial charge in [-0.15, -0.1) is 0 Å². The SMILES string of the molecule is CCCCNc1cc(CCCC)cc2cc(-c3ccccc3)[nH]c12. The molecule has 0 amide bonds. The number of aromatic nitrogens is 1. The zero-order chi connectivity index (χ0) is 16.8. The van der Waals surface area contributed by atoms with Gasteiger partial charge in [-0.1, -0.05) is 57.0 Å². The van der Waals surface area contributed by atoms with Crippen molar-refractivity contribution in [2.75, 3.05) is 11.9 Å². The second-order valence-corrected chi connectivity index (χ2v) is 6.54. The predicted molar refractivity (Wildman–Crippen MR) is 106 cm³/mol. The monoisotopic (exact) mass is 320 g/mol. The van der Waals surface area contributed by atoms with Crippen LogP contribution in [0.1, 0.15) is 45.1 Å². The maximum atomic E-state index is 3.64. The molecule has 0 atom stereocenters. The lowest BCUT2D eigenvalue weighted by Gasteiger charge is -2.10. The summed E-state index contributed by atoms with van der Waals surface area (Å²) < 4.78 is 0. The van der Waals surface area contributed by atoms with Crippen molar-refractivity contribution >= 4 is 16.6 Å². The van der Waals surface area contributed by atoms with Crippen molar-refractivity contribution in [1.29, 1.82) is 0 Å². The van der Waals surface area contributed by atoms with Crippen LogP contribution in [0.5, 0.6) is 0 Å². The molecule has 0 saturated carbocycles. The molecule has 1 heterocycles. The highest BCUT2D eigenvalue weighted by molar-refractivity contribution is 5.95. The fourth-order valence-corrected chi connectivity index (χ4v) is 3.14. The molecule has 2 N–H and O–H groups in total. The Morgan fingerprint density at radius 1 is 0.917 bits per heavy atom. The Morgan fingerprint density at radius 2 is 1.71 bits per heavy atom. The molecular formula is C22H28N2. The highest BCUT2D eigenvalue weighted by Crippen LogP contribution is 2.30. The third-order valence-corrected chi connectivity index (χ3v) is 4.54. The van der Waals surface area contributed by atoms with E-state index in [4.69, 9.17) is 0 Å². The maximum absolute atomic E-state index is 3.64. The molecule has 0 spiro atoms. The van der Waals surface area contributed by atoms with E-state index in [1.54, 1.807) is 0 Å². The van der Waals surface area contributed by atoms with Crippen LogP contribution in [0.2, 0.25) is 0 Å². The molecule has 2 nitrogen and oxygen atoms in total. The Hall–Kier alpha value is -2.22. The number of fused-ring (bicyclic) bond motifs is 1. The fraction of sp³-hybridized carbons (Fsp3) is 0.364. The van der Waals surface area contributed by atoms with Crippen molar-refractivity contribution in [1.82, 2.24) is 4.98 Å². The summed E-state index contributed by atoms with van der Waals surface area (Å²) in [5.74, 6) is 0. The van der Waals surface area contributed by atoms with Crippen molar-refractivity contribution in [2.24, 2.45) is 0 Å². The van der Waals surface area contributed by atoms with Gasteiger partial charge in [0.2, 0.25) is 0 Å². The Balaban J connectivity index is 1.99. The van der Waals surface area contributed by atoms with E-state index in [2.05, 4.69) is 72.7 Å². The topological polar surface area (TPSA) is 27.8 Å². The highest BCUT2D eigenvalue weighted by atomic mass is 14.9. The van der Waals surface area contributed by atoms with Crippen LogP contribution in [0.15, 0.2) is 48.5 Å². The van der Waals surface area contributed by atoms with Gasteiger partial charge in [-0.2, -0.15) is 0 Å². The van der Waals surface area contributed by atoms with E-state index in [0.29, 0.717) is 0 Å². The van der Waals surface area contributed by atoms with Gasteiger partial charge in [0.25, 0.3) is 0 Å². The summed E-state index contributed by atoms with van der Waals surface area (Å²) in [4.78, 5) is 3.63. The molecule has 2 aromatic carbocycles. The van der Waals surface area contributed by atoms with Crippen LogP contribution in [-0.2, 0) is 6.42 Å². The van der Waals surface area contributed by atoms with Gasteiger partial charge < -0.3 is 10.3 Å². The van der Waals surface area contributed by atoms with E-state index in [0.717, 1.165) is 13.0 Å². The first-order valence-corrected chi connectivity index (χ1v) is 9.26. The van der Waals surface area contributed by atoms with Gasteiger partial charge in [-0.25, -0.2) is 0 Å². The largest absolute Gasteiger partial charge is 0.383 e. The number of benzene rings is 2. The summed E-state index contributed by atoms with van der Waals surface area (Å²) in [5.41, 5.74) is 6.33. The molecule has 0 bridgehead atoms. The molecule has 3 aromatic rings. The molecule has 0 radical (unpaired) electrons. The first kappa shape index (κ1) is 16.6. The summed E-state index contributed by atoms with van der Waals surface area (Å²) in [6, 6.07) is 17.5. The predicted octanol–water partition coefficient (Wildman–Crippen LogP) is 6.39. The van der Waals surface area contributed by atoms with Gasteiger partial charge in [0, 0.05) is 17.6 Å². The second kappa shape index (κ2) is 8.05. The number of hydrogen-bond donors (Lipinski definition) is 2. The minimum atomic E-state index is 1.03. The van der Waals surface area contributed by atoms with Gasteiger partial charge in [0.15, 0.2) is 0 Å². The molecule has 0 unspecified atom stereocenters. The van der Waals surface area contributed by atoms with Crippen LogP contribution in [0, 0.1) is 0 Å². The van der Waals surface area contributed by atoms with Crippen molar-refractivity contribution in [3.8, 4) is 11.3 Å². The molecule has 1 aromatic heterocycles. The van der Waals surface area contributed by atoms with Crippen LogP contribution < -0.4 is 5.32 Å². The minimum absolute atomic E-state index is 1.03. The van der Waals surface area contributed by atoms with Crippen molar-refractivity contribution in [3.05, 3.63) is 54.1 Å². The van der Waals surface area contributed by atoms with Gasteiger partial charge in [-0.3, -0.25) is 0 Å². The van der Waals surface area contributed by atoms with Crippen LogP contribution in [0.3, 0.4) is 0 Å². The van der Waals surface area contributed by atoms with E-state index in [1.807, 2.05) is 0 Å². The van der Waals surface area contributed by atoms with Crippen molar-refractivity contribution < 1.29 is 0 Å². The van der Waals surface area contributed by atoms with E-state index < -0.39 is 0 Å². The molecule has 0 saturated heterocycles. The first-order valence-electron chi connectivity index (χ1n) is 9.26. The van der Waals surface area contributed by atoms with Crippen LogP contribution in [-0.4, -0.2) is 11.5 Å². The van der Waals surface area contributed by atoms with Crippen molar-refractivity contribution in [3.63, 3.8) is 0 Å². The molecule has 24 heavy (non-hydrogen) atoms. The molecule has 0 aliphatic rings. The highest BCUT2D eigenvalue weighted by Gasteiger charge is 2.09. The average Bonchev–Trinajstić information content (AvgIpc) is 3.05. The Labute approximate surface area is 145 Å². The number of nitrogens with one attached hydrogen (secondary N) is 2. The molecule has 0 fully saturated rings. The number of hydrogen-bond acceptors (Lipinski definition) is 1. The molecule has 3 rings (SSSR count). The van der Waals surface area contributed by atoms with E-state index in [-0.39, 0.29) is 0 Å². The quantitative estimate of drug-likeness (QED) is 0.462. The maximum Gasteiger partial charge on any atom is 0.0694 e. The Kier molecular flexibility index (Phi) is 5.58. The Bertz CT molecular complexity index is 771. The first-order chi connectivity index (χ1) is 11.8. The van der Waals surface area contributed by atoms with E-state index in [1.165, 1.54) is 59.1 Å². The van der Waals surface area contributed by atoms with Crippen LogP contribution in [0.4, 0.5) is 5.69 Å². The van der Waals surface area contributed by atoms with Gasteiger partial charge >= 0.3 is 0 Å². The third kappa shape index (κ3) is 3.81. The molecular weight excluding hydrogens is 292 g/mol. The summed E-state index contributed by atoms with van der Waals surface area (Å²) in [5, 5.41) is 4.95. The lowest BCUT2D eigenvalue weighted by molar-refractivity contribution is 0.795. The molecule has 2 heteroatoms. The van der Waals surface area contributed by atoms with Gasteiger partial charge in [0.05, 0.1) is 11.2 Å². The number of rotatable bonds is 8. The lowest BCUT2D eigenvalue weighted by atomic mass is 10.0. The van der Waals surface area contributed by atoms with E-state index >= 15 is 0 Å². The summed E-state index contributed by atoms with van der Waals surface area (Å²) >= 11 is 0. The van der Waals surface area contributed by atoms with Gasteiger partial charge in [-0.05, 0) is 48.6 Å².